The molecule has 29 heavy (non-hydrogen) atoms. The molecule has 0 unspecified atom stereocenters. The molecule has 0 spiro atoms. The maximum Gasteiger partial charge on any atom is 0.255 e. The molecule has 5 N–H and O–H groups in total. The normalized spacial score (nSPS) is 12.8. The zero-order chi connectivity index (χ0) is 20.8. The van der Waals surface area contributed by atoms with Crippen molar-refractivity contribution in [3.05, 3.63) is 57.4 Å². The molecule has 1 aromatic heterocycles. The molecule has 0 aliphatic rings. The third-order valence-corrected chi connectivity index (χ3v) is 5.52. The number of rotatable bonds is 8. The number of fused-ring (bicyclic) bond motifs is 1. The summed E-state index contributed by atoms with van der Waals surface area (Å²) in [6.07, 6.45) is 1.27. The van der Waals surface area contributed by atoms with Gasteiger partial charge in [-0.3, -0.25) is 9.79 Å². The van der Waals surface area contributed by atoms with Crippen LogP contribution in [0, 0.1) is 3.57 Å². The lowest BCUT2D eigenvalue weighted by Crippen LogP contribution is -2.29. The van der Waals surface area contributed by atoms with Gasteiger partial charge in [-0.25, -0.2) is 4.98 Å². The van der Waals surface area contributed by atoms with E-state index in [1.165, 1.54) is 0 Å². The van der Waals surface area contributed by atoms with Crippen LogP contribution in [0.15, 0.2) is 47.5 Å². The minimum absolute atomic E-state index is 0.0338. The highest BCUT2D eigenvalue weighted by Gasteiger charge is 2.21. The number of nitrogens with zero attached hydrogens (tertiary/aromatic N) is 2. The lowest BCUT2D eigenvalue weighted by atomic mass is 10.1. The van der Waals surface area contributed by atoms with Gasteiger partial charge in [-0.1, -0.05) is 18.2 Å². The minimum atomic E-state index is -0.375. The number of nitrogens with two attached hydrogens (primary N) is 1. The van der Waals surface area contributed by atoms with Crippen LogP contribution >= 0.6 is 34.2 Å². The second-order valence-electron chi connectivity index (χ2n) is 6.45. The molecule has 1 heterocycles. The number of carbonyl (C=O) groups excluding carboxylic acids is 1. The molecule has 0 radical (unpaired) electrons. The van der Waals surface area contributed by atoms with Gasteiger partial charge in [0.2, 0.25) is 0 Å². The second-order valence-corrected chi connectivity index (χ2v) is 7.88. The van der Waals surface area contributed by atoms with Crippen LogP contribution in [-0.2, 0) is 0 Å². The number of halogens is 2. The van der Waals surface area contributed by atoms with E-state index in [-0.39, 0.29) is 29.1 Å². The Morgan fingerprint density at radius 1 is 1.31 bits per heavy atom. The first-order valence-electron chi connectivity index (χ1n) is 9.07. The second kappa shape index (κ2) is 9.93. The largest absolute Gasteiger partial charge is 0.506 e. The van der Waals surface area contributed by atoms with Gasteiger partial charge in [0.15, 0.2) is 0 Å². The van der Waals surface area contributed by atoms with Gasteiger partial charge >= 0.3 is 0 Å². The number of alkyl halides is 1. The number of nitrogens with one attached hydrogen (secondary N) is 2. The van der Waals surface area contributed by atoms with E-state index >= 15 is 0 Å². The average molecular weight is 526 g/mol. The van der Waals surface area contributed by atoms with Crippen molar-refractivity contribution in [2.75, 3.05) is 12.4 Å². The predicted octanol–water partition coefficient (Wildman–Crippen LogP) is 3.72. The van der Waals surface area contributed by atoms with Crippen LogP contribution in [0.25, 0.3) is 11.0 Å². The van der Waals surface area contributed by atoms with Crippen molar-refractivity contribution in [3.63, 3.8) is 0 Å². The fourth-order valence-corrected chi connectivity index (χ4v) is 3.49. The number of hydrogen-bond acceptors (Lipinski definition) is 4. The number of phenolic OH excluding ortho intramolecular Hbond substituents is 1. The van der Waals surface area contributed by atoms with Crippen molar-refractivity contribution in [3.8, 4) is 5.75 Å². The van der Waals surface area contributed by atoms with Gasteiger partial charge in [0, 0.05) is 6.54 Å². The molecule has 0 aliphatic heterocycles. The lowest BCUT2D eigenvalue weighted by Gasteiger charge is -2.17. The molecule has 0 saturated carbocycles. The highest BCUT2D eigenvalue weighted by atomic mass is 127. The Labute approximate surface area is 186 Å². The summed E-state index contributed by atoms with van der Waals surface area (Å²) in [5, 5.41) is 13.2. The van der Waals surface area contributed by atoms with Crippen LogP contribution in [0.1, 0.15) is 35.1 Å². The van der Waals surface area contributed by atoms with E-state index in [2.05, 4.69) is 20.3 Å². The summed E-state index contributed by atoms with van der Waals surface area (Å²) < 4.78 is 0.612. The number of aromatic amines is 1. The summed E-state index contributed by atoms with van der Waals surface area (Å²) in [5.74, 6) is 0.831. The van der Waals surface area contributed by atoms with Crippen LogP contribution in [0.3, 0.4) is 0 Å². The van der Waals surface area contributed by atoms with Gasteiger partial charge in [-0.05, 0) is 59.7 Å². The highest BCUT2D eigenvalue weighted by molar-refractivity contribution is 14.1. The number of aromatic nitrogens is 2. The Bertz CT molecular complexity index is 1000. The van der Waals surface area contributed by atoms with Crippen LogP contribution in [0.2, 0.25) is 0 Å². The summed E-state index contributed by atoms with van der Waals surface area (Å²) in [5.41, 5.74) is 7.58. The smallest absolute Gasteiger partial charge is 0.255 e. The van der Waals surface area contributed by atoms with Crippen molar-refractivity contribution in [2.24, 2.45) is 10.7 Å². The van der Waals surface area contributed by atoms with Crippen molar-refractivity contribution >= 4 is 57.0 Å². The monoisotopic (exact) mass is 525 g/mol. The van der Waals surface area contributed by atoms with Crippen LogP contribution in [0.4, 0.5) is 0 Å². The number of carbonyl (C=O) groups is 1. The third kappa shape index (κ3) is 5.39. The molecule has 3 rings (SSSR count). The first kappa shape index (κ1) is 21.4. The summed E-state index contributed by atoms with van der Waals surface area (Å²) >= 11 is 7.64. The molecule has 7 nitrogen and oxygen atoms in total. The van der Waals surface area contributed by atoms with Gasteiger partial charge in [-0.15, -0.1) is 11.6 Å². The SMILES string of the molecule is NC(CCl)=NCCC[C@H](NC(=O)c1cccc(I)c1O)c1nc2ccccc2[nH]1. The Kier molecular flexibility index (Phi) is 7.32. The molecule has 0 saturated heterocycles. The number of benzene rings is 2. The molecular weight excluding hydrogens is 505 g/mol. The average Bonchev–Trinajstić information content (AvgIpc) is 3.16. The Morgan fingerprint density at radius 2 is 2.10 bits per heavy atom. The number of aromatic hydroxyl groups is 1. The number of para-hydroxylation sites is 3. The van der Waals surface area contributed by atoms with Gasteiger partial charge in [0.25, 0.3) is 5.91 Å². The van der Waals surface area contributed by atoms with Crippen molar-refractivity contribution in [1.29, 1.82) is 0 Å². The molecule has 1 atom stereocenters. The highest BCUT2D eigenvalue weighted by Crippen LogP contribution is 2.26. The molecule has 0 bridgehead atoms. The number of imidazole rings is 1. The van der Waals surface area contributed by atoms with Gasteiger partial charge < -0.3 is 21.1 Å². The molecule has 9 heteroatoms. The third-order valence-electron chi connectivity index (χ3n) is 4.38. The topological polar surface area (TPSA) is 116 Å². The zero-order valence-corrected chi connectivity index (χ0v) is 18.4. The van der Waals surface area contributed by atoms with E-state index in [0.717, 1.165) is 11.0 Å². The first-order valence-corrected chi connectivity index (χ1v) is 10.7. The molecule has 152 valence electrons. The van der Waals surface area contributed by atoms with Crippen LogP contribution < -0.4 is 11.1 Å². The van der Waals surface area contributed by atoms with E-state index in [9.17, 15) is 9.90 Å². The maximum absolute atomic E-state index is 12.8. The molecule has 0 fully saturated rings. The number of amidine groups is 1. The van der Waals surface area contributed by atoms with Gasteiger partial charge in [0.05, 0.1) is 32.1 Å². The summed E-state index contributed by atoms with van der Waals surface area (Å²) in [4.78, 5) is 24.9. The zero-order valence-electron chi connectivity index (χ0n) is 15.5. The van der Waals surface area contributed by atoms with E-state index in [1.807, 2.05) is 46.9 Å². The molecular formula is C20H21ClIN5O2. The first-order chi connectivity index (χ1) is 14.0. The van der Waals surface area contributed by atoms with Gasteiger partial charge in [0.1, 0.15) is 17.4 Å². The van der Waals surface area contributed by atoms with E-state index in [4.69, 9.17) is 17.3 Å². The number of hydrogen-bond donors (Lipinski definition) is 4. The number of H-pyrrole nitrogens is 1. The van der Waals surface area contributed by atoms with Crippen molar-refractivity contribution in [2.45, 2.75) is 18.9 Å². The van der Waals surface area contributed by atoms with Crippen LogP contribution in [0.5, 0.6) is 5.75 Å². The van der Waals surface area contributed by atoms with E-state index in [1.54, 1.807) is 18.2 Å². The van der Waals surface area contributed by atoms with E-state index in [0.29, 0.717) is 34.6 Å². The molecule has 3 aromatic rings. The predicted molar refractivity (Wildman–Crippen MR) is 124 cm³/mol. The van der Waals surface area contributed by atoms with Gasteiger partial charge in [-0.2, -0.15) is 0 Å². The van der Waals surface area contributed by atoms with Crippen molar-refractivity contribution < 1.29 is 9.90 Å². The Morgan fingerprint density at radius 3 is 2.86 bits per heavy atom. The standard InChI is InChI=1S/C20H21ClIN5O2/c21-11-17(23)24-10-4-9-16(19-25-14-7-1-2-8-15(14)26-19)27-20(29)12-5-3-6-13(22)18(12)28/h1-3,5-8,16,28H,4,9-11H2,(H2,23,24)(H,25,26)(H,27,29)/t16-/m0/s1. The number of amides is 1. The minimum Gasteiger partial charge on any atom is -0.506 e. The number of phenols is 1. The molecule has 1 amide bonds. The number of aliphatic imine (C=N–C) groups is 1. The molecule has 0 aliphatic carbocycles. The van der Waals surface area contributed by atoms with Crippen molar-refractivity contribution in [1.82, 2.24) is 15.3 Å². The molecule has 2 aromatic carbocycles. The summed E-state index contributed by atoms with van der Waals surface area (Å²) in [6, 6.07) is 12.4. The quantitative estimate of drug-likeness (QED) is 0.118. The maximum atomic E-state index is 12.8. The Balaban J connectivity index is 1.81. The fraction of sp³-hybridized carbons (Fsp3) is 0.250. The van der Waals surface area contributed by atoms with E-state index < -0.39 is 0 Å². The van der Waals surface area contributed by atoms with Crippen LogP contribution in [-0.4, -0.2) is 39.2 Å². The fourth-order valence-electron chi connectivity index (χ4n) is 2.91. The summed E-state index contributed by atoms with van der Waals surface area (Å²) in [7, 11) is 0. The lowest BCUT2D eigenvalue weighted by molar-refractivity contribution is 0.0929. The summed E-state index contributed by atoms with van der Waals surface area (Å²) in [6.45, 7) is 0.500. The Hall–Kier alpha value is -2.33.